The molecule has 7 nitrogen and oxygen atoms in total. The number of hydrogen-bond acceptors (Lipinski definition) is 4. The minimum absolute atomic E-state index is 0.0294. The van der Waals surface area contributed by atoms with Crippen molar-refractivity contribution in [2.45, 2.75) is 12.5 Å². The first kappa shape index (κ1) is 14.4. The Morgan fingerprint density at radius 1 is 1.47 bits per heavy atom. The van der Waals surface area contributed by atoms with Crippen LogP contribution in [0.5, 0.6) is 0 Å². The average molecular weight is 265 g/mol. The normalized spacial score (nSPS) is 25.5. The van der Waals surface area contributed by atoms with Gasteiger partial charge in [0.2, 0.25) is 0 Å². The van der Waals surface area contributed by atoms with E-state index in [1.165, 1.54) is 11.4 Å². The molecule has 100 valence electrons. The molecule has 1 aliphatic heterocycles. The minimum atomic E-state index is -3.59. The fourth-order valence-electron chi connectivity index (χ4n) is 1.75. The van der Waals surface area contributed by atoms with Crippen LogP contribution < -0.4 is 0 Å². The summed E-state index contributed by atoms with van der Waals surface area (Å²) in [5, 5.41) is 8.91. The third kappa shape index (κ3) is 3.15. The number of hydrogen-bond donors (Lipinski definition) is 1. The van der Waals surface area contributed by atoms with E-state index in [0.717, 1.165) is 10.8 Å². The number of carbonyl (C=O) groups is 1. The van der Waals surface area contributed by atoms with E-state index in [0.29, 0.717) is 13.0 Å². The van der Waals surface area contributed by atoms with Crippen molar-refractivity contribution in [2.75, 3.05) is 40.8 Å². The van der Waals surface area contributed by atoms with Gasteiger partial charge in [0.25, 0.3) is 10.2 Å². The molecule has 0 amide bonds. The second-order valence-corrected chi connectivity index (χ2v) is 6.38. The Bertz CT molecular complexity index is 382. The van der Waals surface area contributed by atoms with Crippen LogP contribution in [-0.2, 0) is 15.0 Å². The summed E-state index contributed by atoms with van der Waals surface area (Å²) in [5.41, 5.74) is 0. The van der Waals surface area contributed by atoms with Gasteiger partial charge in [0.1, 0.15) is 6.04 Å². The maximum Gasteiger partial charge on any atom is 0.323 e. The van der Waals surface area contributed by atoms with Crippen molar-refractivity contribution < 1.29 is 18.3 Å². The molecule has 0 aromatic heterocycles. The quantitative estimate of drug-likeness (QED) is 0.681. The Morgan fingerprint density at radius 3 is 2.47 bits per heavy atom. The van der Waals surface area contributed by atoms with E-state index in [4.69, 9.17) is 5.11 Å². The van der Waals surface area contributed by atoms with Crippen molar-refractivity contribution in [3.8, 4) is 0 Å². The number of carboxylic acid groups (broad SMARTS) is 1. The molecule has 8 heteroatoms. The Kier molecular flexibility index (Phi) is 4.48. The van der Waals surface area contributed by atoms with Crippen molar-refractivity contribution >= 4 is 16.2 Å². The Hall–Kier alpha value is -0.700. The zero-order valence-electron chi connectivity index (χ0n) is 10.3. The second kappa shape index (κ2) is 5.30. The Labute approximate surface area is 102 Å². The summed E-state index contributed by atoms with van der Waals surface area (Å²) in [5.74, 6) is -1.11. The minimum Gasteiger partial charge on any atom is -0.480 e. The molecule has 0 saturated carbocycles. The lowest BCUT2D eigenvalue weighted by molar-refractivity contribution is -0.140. The molecule has 0 spiro atoms. The van der Waals surface area contributed by atoms with Crippen LogP contribution >= 0.6 is 0 Å². The summed E-state index contributed by atoms with van der Waals surface area (Å²) in [6.07, 6.45) is 0.687. The molecular weight excluding hydrogens is 246 g/mol. The topological polar surface area (TPSA) is 81.2 Å². The van der Waals surface area contributed by atoms with Crippen molar-refractivity contribution in [3.05, 3.63) is 0 Å². The van der Waals surface area contributed by atoms with E-state index in [1.807, 2.05) is 19.0 Å². The SMILES string of the molecule is CN(C)CCCN1CC(C(=O)O)N(C)S1(=O)=O. The van der Waals surface area contributed by atoms with E-state index < -0.39 is 22.2 Å². The highest BCUT2D eigenvalue weighted by atomic mass is 32.2. The molecule has 1 aliphatic rings. The van der Waals surface area contributed by atoms with Crippen molar-refractivity contribution in [1.82, 2.24) is 13.5 Å². The molecule has 0 radical (unpaired) electrons. The molecule has 0 aromatic carbocycles. The van der Waals surface area contributed by atoms with E-state index in [2.05, 4.69) is 0 Å². The molecule has 17 heavy (non-hydrogen) atoms. The van der Waals surface area contributed by atoms with Gasteiger partial charge in [0.05, 0.1) is 0 Å². The largest absolute Gasteiger partial charge is 0.480 e. The van der Waals surface area contributed by atoms with Crippen molar-refractivity contribution in [2.24, 2.45) is 0 Å². The number of carboxylic acids is 1. The Balaban J connectivity index is 2.65. The van der Waals surface area contributed by atoms with Crippen molar-refractivity contribution in [3.63, 3.8) is 0 Å². The summed E-state index contributed by atoms with van der Waals surface area (Å²) in [4.78, 5) is 12.8. The molecule has 1 rings (SSSR count). The molecule has 1 heterocycles. The van der Waals surface area contributed by atoms with E-state index in [9.17, 15) is 13.2 Å². The number of likely N-dealkylation sites (N-methyl/N-ethyl adjacent to an activating group) is 1. The third-order valence-electron chi connectivity index (χ3n) is 2.80. The predicted octanol–water partition coefficient (Wildman–Crippen LogP) is -1.12. The number of nitrogens with zero attached hydrogens (tertiary/aromatic N) is 3. The first-order chi connectivity index (χ1) is 7.76. The molecule has 1 fully saturated rings. The highest BCUT2D eigenvalue weighted by Gasteiger charge is 2.44. The first-order valence-electron chi connectivity index (χ1n) is 5.37. The van der Waals surface area contributed by atoms with Gasteiger partial charge in [0.15, 0.2) is 0 Å². The van der Waals surface area contributed by atoms with Crippen LogP contribution in [-0.4, -0.2) is 79.8 Å². The lowest BCUT2D eigenvalue weighted by atomic mass is 10.3. The van der Waals surface area contributed by atoms with E-state index in [-0.39, 0.29) is 6.54 Å². The van der Waals surface area contributed by atoms with Crippen LogP contribution in [0, 0.1) is 0 Å². The van der Waals surface area contributed by atoms with Gasteiger partial charge in [-0.25, -0.2) is 0 Å². The number of rotatable bonds is 5. The molecule has 0 aromatic rings. The lowest BCUT2D eigenvalue weighted by Crippen LogP contribution is -2.36. The van der Waals surface area contributed by atoms with E-state index in [1.54, 1.807) is 0 Å². The molecule has 1 saturated heterocycles. The first-order valence-corrected chi connectivity index (χ1v) is 6.77. The maximum atomic E-state index is 11.9. The monoisotopic (exact) mass is 265 g/mol. The van der Waals surface area contributed by atoms with Crippen LogP contribution in [0.2, 0.25) is 0 Å². The van der Waals surface area contributed by atoms with E-state index >= 15 is 0 Å². The fourth-order valence-corrected chi connectivity index (χ4v) is 3.28. The van der Waals surface area contributed by atoms with Crippen LogP contribution in [0.3, 0.4) is 0 Å². The molecular formula is C9H19N3O4S. The smallest absolute Gasteiger partial charge is 0.323 e. The molecule has 0 bridgehead atoms. The lowest BCUT2D eigenvalue weighted by Gasteiger charge is -2.16. The van der Waals surface area contributed by atoms with Gasteiger partial charge in [-0.15, -0.1) is 0 Å². The highest BCUT2D eigenvalue weighted by molar-refractivity contribution is 7.87. The zero-order chi connectivity index (χ0) is 13.2. The van der Waals surface area contributed by atoms with Gasteiger partial charge in [0, 0.05) is 20.1 Å². The summed E-state index contributed by atoms with van der Waals surface area (Å²) in [7, 11) is 1.53. The molecule has 0 aliphatic carbocycles. The highest BCUT2D eigenvalue weighted by Crippen LogP contribution is 2.20. The van der Waals surface area contributed by atoms with Crippen LogP contribution in [0.25, 0.3) is 0 Å². The summed E-state index contributed by atoms with van der Waals surface area (Å²) < 4.78 is 25.9. The van der Waals surface area contributed by atoms with Gasteiger partial charge >= 0.3 is 5.97 Å². The standard InChI is InChI=1S/C9H19N3O4S/c1-10(2)5-4-6-12-7-8(9(13)14)11(3)17(12,15)16/h8H,4-7H2,1-3H3,(H,13,14). The van der Waals surface area contributed by atoms with Gasteiger partial charge < -0.3 is 10.0 Å². The third-order valence-corrected chi connectivity index (χ3v) is 4.77. The Morgan fingerprint density at radius 2 is 2.06 bits per heavy atom. The number of aliphatic carboxylic acids is 1. The summed E-state index contributed by atoms with van der Waals surface area (Å²) in [6.45, 7) is 1.16. The van der Waals surface area contributed by atoms with Gasteiger partial charge in [-0.1, -0.05) is 0 Å². The molecule has 1 unspecified atom stereocenters. The summed E-state index contributed by atoms with van der Waals surface area (Å²) in [6, 6.07) is -0.973. The average Bonchev–Trinajstić information content (AvgIpc) is 2.41. The van der Waals surface area contributed by atoms with Gasteiger partial charge in [-0.3, -0.25) is 4.79 Å². The van der Waals surface area contributed by atoms with Crippen molar-refractivity contribution in [1.29, 1.82) is 0 Å². The summed E-state index contributed by atoms with van der Waals surface area (Å²) >= 11 is 0. The second-order valence-electron chi connectivity index (χ2n) is 4.39. The maximum absolute atomic E-state index is 11.9. The van der Waals surface area contributed by atoms with Crippen LogP contribution in [0.1, 0.15) is 6.42 Å². The van der Waals surface area contributed by atoms with Crippen LogP contribution in [0.15, 0.2) is 0 Å². The molecule has 1 N–H and O–H groups in total. The fraction of sp³-hybridized carbons (Fsp3) is 0.889. The predicted molar refractivity (Wildman–Crippen MR) is 62.9 cm³/mol. The zero-order valence-corrected chi connectivity index (χ0v) is 11.1. The molecule has 1 atom stereocenters. The van der Waals surface area contributed by atoms with Gasteiger partial charge in [-0.05, 0) is 27.1 Å². The van der Waals surface area contributed by atoms with Gasteiger partial charge in [-0.2, -0.15) is 17.0 Å². The van der Waals surface area contributed by atoms with Crippen LogP contribution in [0.4, 0.5) is 0 Å².